The molecule has 2 heterocycles. The number of thiocarbonyl (C=S) groups is 1. The van der Waals surface area contributed by atoms with Gasteiger partial charge in [0.2, 0.25) is 5.88 Å². The molecule has 0 spiro atoms. The Morgan fingerprint density at radius 3 is 2.25 bits per heavy atom. The minimum absolute atomic E-state index is 0.0257. The first-order chi connectivity index (χ1) is 19.2. The lowest BCUT2D eigenvalue weighted by molar-refractivity contribution is -0.121. The Morgan fingerprint density at radius 2 is 1.68 bits per heavy atom. The van der Waals surface area contributed by atoms with Gasteiger partial charge in [0.15, 0.2) is 5.78 Å². The molecule has 1 aliphatic heterocycles. The SMILES string of the molecule is COc1ccc(/C=C2\SC(=S)N(CC(=O)c3c(C)c(C#N)c(=O)n(CCc4ccc(OC)cc4)c3O)C2=O)cc1. The normalized spacial score (nSPS) is 13.9. The molecule has 1 saturated heterocycles. The van der Waals surface area contributed by atoms with Gasteiger partial charge in [-0.25, -0.2) is 0 Å². The Kier molecular flexibility index (Phi) is 8.72. The number of aromatic nitrogens is 1. The third kappa shape index (κ3) is 5.78. The minimum atomic E-state index is -0.699. The molecule has 1 amide bonds. The summed E-state index contributed by atoms with van der Waals surface area (Å²) in [5.41, 5.74) is 0.522. The Bertz CT molecular complexity index is 1620. The lowest BCUT2D eigenvalue weighted by atomic mass is 10.0. The highest BCUT2D eigenvalue weighted by atomic mass is 32.2. The summed E-state index contributed by atoms with van der Waals surface area (Å²) >= 11 is 6.43. The highest BCUT2D eigenvalue weighted by molar-refractivity contribution is 8.26. The molecule has 0 bridgehead atoms. The smallest absolute Gasteiger partial charge is 0.271 e. The molecule has 11 heteroatoms. The number of Topliss-reactive ketones (excluding diaryl/α,β-unsaturated/α-hetero) is 1. The average Bonchev–Trinajstić information content (AvgIpc) is 3.21. The number of rotatable bonds is 9. The molecule has 3 aromatic rings. The summed E-state index contributed by atoms with van der Waals surface area (Å²) in [5, 5.41) is 20.7. The van der Waals surface area contributed by atoms with Crippen LogP contribution >= 0.6 is 24.0 Å². The second kappa shape index (κ2) is 12.2. The molecule has 0 unspecified atom stereocenters. The van der Waals surface area contributed by atoms with E-state index in [0.29, 0.717) is 22.8 Å². The lowest BCUT2D eigenvalue weighted by Gasteiger charge is -2.18. The van der Waals surface area contributed by atoms with E-state index in [1.807, 2.05) is 18.2 Å². The molecule has 9 nitrogen and oxygen atoms in total. The summed E-state index contributed by atoms with van der Waals surface area (Å²) in [6.45, 7) is 0.993. The fourth-order valence-electron chi connectivity index (χ4n) is 4.24. The number of carbonyl (C=O) groups excluding carboxylic acids is 2. The Labute approximate surface area is 240 Å². The zero-order valence-corrected chi connectivity index (χ0v) is 23.6. The molecule has 0 aliphatic carbocycles. The molecule has 1 fully saturated rings. The van der Waals surface area contributed by atoms with Crippen molar-refractivity contribution < 1.29 is 24.2 Å². The maximum absolute atomic E-state index is 13.5. The van der Waals surface area contributed by atoms with Crippen molar-refractivity contribution in [1.29, 1.82) is 5.26 Å². The number of amides is 1. The number of benzene rings is 2. The first-order valence-electron chi connectivity index (χ1n) is 12.1. The van der Waals surface area contributed by atoms with E-state index in [1.54, 1.807) is 56.7 Å². The number of ether oxygens (including phenoxy) is 2. The number of aryl methyl sites for hydroxylation is 1. The van der Waals surface area contributed by atoms with E-state index in [-0.39, 0.29) is 27.6 Å². The van der Waals surface area contributed by atoms with Crippen molar-refractivity contribution in [1.82, 2.24) is 9.47 Å². The summed E-state index contributed by atoms with van der Waals surface area (Å²) in [7, 11) is 3.11. The third-order valence-electron chi connectivity index (χ3n) is 6.45. The fraction of sp³-hybridized carbons (Fsp3) is 0.207. The predicted molar refractivity (Wildman–Crippen MR) is 156 cm³/mol. The van der Waals surface area contributed by atoms with Crippen molar-refractivity contribution in [2.75, 3.05) is 20.8 Å². The van der Waals surface area contributed by atoms with Gasteiger partial charge in [-0.15, -0.1) is 0 Å². The van der Waals surface area contributed by atoms with Crippen molar-refractivity contribution >= 4 is 46.1 Å². The monoisotopic (exact) mass is 575 g/mol. The molecular weight excluding hydrogens is 550 g/mol. The van der Waals surface area contributed by atoms with Crippen LogP contribution in [0.25, 0.3) is 6.08 Å². The van der Waals surface area contributed by atoms with Gasteiger partial charge in [-0.1, -0.05) is 48.2 Å². The van der Waals surface area contributed by atoms with Crippen molar-refractivity contribution in [3.8, 4) is 23.4 Å². The van der Waals surface area contributed by atoms with Crippen LogP contribution in [0.3, 0.4) is 0 Å². The van der Waals surface area contributed by atoms with E-state index >= 15 is 0 Å². The van der Waals surface area contributed by atoms with Crippen LogP contribution in [0.15, 0.2) is 58.2 Å². The number of thioether (sulfide) groups is 1. The quantitative estimate of drug-likeness (QED) is 0.229. The number of hydrogen-bond acceptors (Lipinski definition) is 9. The molecule has 0 radical (unpaired) electrons. The van der Waals surface area contributed by atoms with E-state index < -0.39 is 29.7 Å². The first kappa shape index (κ1) is 28.6. The van der Waals surface area contributed by atoms with E-state index in [4.69, 9.17) is 21.7 Å². The third-order valence-corrected chi connectivity index (χ3v) is 7.83. The van der Waals surface area contributed by atoms with Gasteiger partial charge in [0.05, 0.1) is 31.2 Å². The highest BCUT2D eigenvalue weighted by Gasteiger charge is 2.35. The van der Waals surface area contributed by atoms with Crippen LogP contribution in [0.2, 0.25) is 0 Å². The van der Waals surface area contributed by atoms with Crippen LogP contribution < -0.4 is 15.0 Å². The van der Waals surface area contributed by atoms with Gasteiger partial charge in [-0.2, -0.15) is 5.26 Å². The van der Waals surface area contributed by atoms with Crippen LogP contribution in [-0.2, 0) is 17.8 Å². The number of methoxy groups -OCH3 is 2. The highest BCUT2D eigenvalue weighted by Crippen LogP contribution is 2.33. The standard InChI is InChI=1S/C29H25N3O6S2/c1-17-22(15-30)26(34)31(13-12-18-4-8-20(37-2)9-5-18)28(36)25(17)23(33)16-32-27(35)24(40-29(32)39)14-19-6-10-21(38-3)11-7-19/h4-11,14,36H,12-13,16H2,1-3H3/b24-14-. The number of nitriles is 1. The number of carbonyl (C=O) groups is 2. The molecule has 0 saturated carbocycles. The van der Waals surface area contributed by atoms with Gasteiger partial charge in [0.1, 0.15) is 27.5 Å². The molecule has 4 rings (SSSR count). The molecular formula is C29H25N3O6S2. The summed E-state index contributed by atoms with van der Waals surface area (Å²) < 4.78 is 11.5. The first-order valence-corrected chi connectivity index (χ1v) is 13.3. The number of pyridine rings is 1. The zero-order chi connectivity index (χ0) is 29.0. The summed E-state index contributed by atoms with van der Waals surface area (Å²) in [4.78, 5) is 41.0. The van der Waals surface area contributed by atoms with Crippen LogP contribution in [0.1, 0.15) is 32.6 Å². The number of nitrogens with zero attached hydrogens (tertiary/aromatic N) is 3. The Morgan fingerprint density at radius 1 is 1.07 bits per heavy atom. The van der Waals surface area contributed by atoms with Gasteiger partial charge >= 0.3 is 0 Å². The number of hydrogen-bond donors (Lipinski definition) is 1. The second-order valence-corrected chi connectivity index (χ2v) is 10.5. The minimum Gasteiger partial charge on any atom is -0.497 e. The van der Waals surface area contributed by atoms with Gasteiger partial charge in [0, 0.05) is 6.54 Å². The topological polar surface area (TPSA) is 122 Å². The van der Waals surface area contributed by atoms with Crippen molar-refractivity contribution in [3.05, 3.63) is 91.6 Å². The maximum atomic E-state index is 13.5. The summed E-state index contributed by atoms with van der Waals surface area (Å²) in [6.07, 6.45) is 2.02. The van der Waals surface area contributed by atoms with Crippen LogP contribution in [0, 0.1) is 18.3 Å². The lowest BCUT2D eigenvalue weighted by Crippen LogP contribution is -2.35. The van der Waals surface area contributed by atoms with E-state index in [2.05, 4.69) is 0 Å². The van der Waals surface area contributed by atoms with Crippen molar-refractivity contribution in [2.24, 2.45) is 0 Å². The average molecular weight is 576 g/mol. The van der Waals surface area contributed by atoms with Gasteiger partial charge in [-0.05, 0) is 60.4 Å². The van der Waals surface area contributed by atoms with Gasteiger partial charge in [-0.3, -0.25) is 23.9 Å². The Hall–Kier alpha value is -4.40. The van der Waals surface area contributed by atoms with Crippen molar-refractivity contribution in [3.63, 3.8) is 0 Å². The van der Waals surface area contributed by atoms with E-state index in [0.717, 1.165) is 32.4 Å². The number of aromatic hydroxyl groups is 1. The molecule has 2 aromatic carbocycles. The van der Waals surface area contributed by atoms with Crippen LogP contribution in [0.5, 0.6) is 17.4 Å². The second-order valence-electron chi connectivity index (χ2n) is 8.83. The van der Waals surface area contributed by atoms with Crippen LogP contribution in [-0.4, -0.2) is 51.3 Å². The zero-order valence-electron chi connectivity index (χ0n) is 22.0. The summed E-state index contributed by atoms with van der Waals surface area (Å²) in [6, 6.07) is 16.1. The van der Waals surface area contributed by atoms with E-state index in [1.165, 1.54) is 6.92 Å². The Balaban J connectivity index is 1.59. The molecule has 204 valence electrons. The maximum Gasteiger partial charge on any atom is 0.271 e. The molecule has 40 heavy (non-hydrogen) atoms. The molecule has 0 atom stereocenters. The number of ketones is 1. The van der Waals surface area contributed by atoms with E-state index in [9.17, 15) is 24.8 Å². The predicted octanol–water partition coefficient (Wildman–Crippen LogP) is 4.08. The van der Waals surface area contributed by atoms with Gasteiger partial charge < -0.3 is 14.6 Å². The largest absolute Gasteiger partial charge is 0.497 e. The van der Waals surface area contributed by atoms with Crippen molar-refractivity contribution in [2.45, 2.75) is 19.9 Å². The van der Waals surface area contributed by atoms with Gasteiger partial charge in [0.25, 0.3) is 11.5 Å². The molecule has 1 N–H and O–H groups in total. The fourth-order valence-corrected chi connectivity index (χ4v) is 5.49. The van der Waals surface area contributed by atoms with Crippen LogP contribution in [0.4, 0.5) is 0 Å². The summed E-state index contributed by atoms with van der Waals surface area (Å²) in [5.74, 6) is -0.309. The molecule has 1 aliphatic rings. The molecule has 1 aromatic heterocycles.